The summed E-state index contributed by atoms with van der Waals surface area (Å²) in [5.41, 5.74) is 8.28. The Bertz CT molecular complexity index is 959. The molecule has 0 aliphatic carbocycles. The number of aromatic nitrogens is 1. The molecule has 0 radical (unpaired) electrons. The molecule has 0 aliphatic rings. The van der Waals surface area contributed by atoms with Crippen LogP contribution in [0.15, 0.2) is 54.0 Å². The average molecular weight is 400 g/mol. The van der Waals surface area contributed by atoms with Crippen molar-refractivity contribution in [2.75, 3.05) is 11.1 Å². The second-order valence-corrected chi connectivity index (χ2v) is 8.11. The van der Waals surface area contributed by atoms with Gasteiger partial charge in [0.15, 0.2) is 0 Å². The van der Waals surface area contributed by atoms with Crippen LogP contribution in [0.3, 0.4) is 0 Å². The first-order valence-electron chi connectivity index (χ1n) is 8.35. The molecule has 0 spiro atoms. The molecule has 0 bridgehead atoms. The Hall–Kier alpha value is -2.60. The van der Waals surface area contributed by atoms with Crippen LogP contribution >= 0.6 is 19.4 Å². The molecule has 1 aromatic carbocycles. The van der Waals surface area contributed by atoms with Gasteiger partial charge in [0.2, 0.25) is 5.66 Å². The number of nitrogen functional groups attached to an aromatic ring is 1. The number of anilines is 2. The van der Waals surface area contributed by atoms with Crippen LogP contribution in [0.2, 0.25) is 0 Å². The summed E-state index contributed by atoms with van der Waals surface area (Å²) >= 11 is 1.61. The van der Waals surface area contributed by atoms with E-state index >= 15 is 0 Å². The maximum Gasteiger partial charge on any atom is 0.515 e. The summed E-state index contributed by atoms with van der Waals surface area (Å²) in [5.74, 6) is -0.342. The third-order valence-electron chi connectivity index (χ3n) is 4.15. The Morgan fingerprint density at radius 1 is 1.33 bits per heavy atom. The SMILES string of the molecule is CCC(c1ccc(C(=O)Nc2cc(-c3cccs3)ccc2N)cn1)[P+](=O)O. The molecule has 27 heavy (non-hydrogen) atoms. The summed E-state index contributed by atoms with van der Waals surface area (Å²) < 4.78 is 11.4. The minimum atomic E-state index is -2.36. The maximum absolute atomic E-state index is 12.5. The van der Waals surface area contributed by atoms with Crippen LogP contribution < -0.4 is 11.1 Å². The maximum atomic E-state index is 12.5. The van der Waals surface area contributed by atoms with Crippen LogP contribution in [0, 0.1) is 0 Å². The van der Waals surface area contributed by atoms with E-state index in [0.717, 1.165) is 10.4 Å². The molecule has 2 unspecified atom stereocenters. The molecule has 2 heterocycles. The highest BCUT2D eigenvalue weighted by Crippen LogP contribution is 2.39. The lowest BCUT2D eigenvalue weighted by Crippen LogP contribution is -2.14. The second-order valence-electron chi connectivity index (χ2n) is 5.93. The lowest BCUT2D eigenvalue weighted by molar-refractivity contribution is 0.102. The quantitative estimate of drug-likeness (QED) is 0.406. The summed E-state index contributed by atoms with van der Waals surface area (Å²) in [6.45, 7) is 1.82. The standard InChI is InChI=1S/C19H18N3O3PS/c1-2-17(26(24)25)15-8-6-13(11-21-15)19(23)22-16-10-12(5-7-14(16)20)18-4-3-9-27-18/h3-11,17H,2,20H2,1H3,(H-,22,23,24,25)/p+1. The minimum absolute atomic E-state index is 0.342. The smallest absolute Gasteiger partial charge is 0.397 e. The van der Waals surface area contributed by atoms with Crippen molar-refractivity contribution in [2.45, 2.75) is 19.0 Å². The van der Waals surface area contributed by atoms with E-state index in [2.05, 4.69) is 10.3 Å². The van der Waals surface area contributed by atoms with Crippen LogP contribution in [0.4, 0.5) is 11.4 Å². The van der Waals surface area contributed by atoms with Crippen molar-refractivity contribution in [3.05, 3.63) is 65.3 Å². The van der Waals surface area contributed by atoms with Crippen LogP contribution in [0.1, 0.15) is 35.1 Å². The summed E-state index contributed by atoms with van der Waals surface area (Å²) in [7, 11) is -2.36. The fraction of sp³-hybridized carbons (Fsp3) is 0.158. The zero-order valence-corrected chi connectivity index (χ0v) is 16.3. The van der Waals surface area contributed by atoms with Crippen LogP contribution in [0.25, 0.3) is 10.4 Å². The van der Waals surface area contributed by atoms with Gasteiger partial charge in [-0.15, -0.1) is 11.3 Å². The van der Waals surface area contributed by atoms with Gasteiger partial charge >= 0.3 is 8.03 Å². The van der Waals surface area contributed by atoms with E-state index in [1.54, 1.807) is 29.5 Å². The molecular formula is C19H19N3O3PS+. The van der Waals surface area contributed by atoms with Crippen molar-refractivity contribution in [1.29, 1.82) is 0 Å². The molecule has 4 N–H and O–H groups in total. The molecule has 3 rings (SSSR count). The molecule has 0 aliphatic heterocycles. The Morgan fingerprint density at radius 3 is 2.74 bits per heavy atom. The number of thiophene rings is 1. The van der Waals surface area contributed by atoms with Gasteiger partial charge in [0.1, 0.15) is 0 Å². The normalized spacial score (nSPS) is 12.4. The monoisotopic (exact) mass is 400 g/mol. The minimum Gasteiger partial charge on any atom is -0.397 e. The van der Waals surface area contributed by atoms with Crippen LogP contribution in [0.5, 0.6) is 0 Å². The first-order chi connectivity index (χ1) is 13.0. The number of rotatable bonds is 6. The third kappa shape index (κ3) is 4.39. The Morgan fingerprint density at radius 2 is 2.15 bits per heavy atom. The number of hydrogen-bond donors (Lipinski definition) is 3. The van der Waals surface area contributed by atoms with Crippen molar-refractivity contribution < 1.29 is 14.3 Å². The Balaban J connectivity index is 1.79. The van der Waals surface area contributed by atoms with Crippen molar-refractivity contribution in [3.8, 4) is 10.4 Å². The summed E-state index contributed by atoms with van der Waals surface area (Å²) in [6, 6.07) is 12.7. The molecule has 138 valence electrons. The topological polar surface area (TPSA) is 105 Å². The van der Waals surface area contributed by atoms with Crippen LogP contribution in [-0.2, 0) is 4.57 Å². The molecule has 0 saturated carbocycles. The second kappa shape index (κ2) is 8.39. The van der Waals surface area contributed by atoms with E-state index in [1.807, 2.05) is 36.6 Å². The van der Waals surface area contributed by atoms with Gasteiger partial charge in [-0.3, -0.25) is 9.78 Å². The molecule has 2 aromatic heterocycles. The molecule has 8 heteroatoms. The van der Waals surface area contributed by atoms with Crippen molar-refractivity contribution in [1.82, 2.24) is 4.98 Å². The molecule has 0 fully saturated rings. The summed E-state index contributed by atoms with van der Waals surface area (Å²) in [5, 5.41) is 4.79. The molecule has 0 saturated heterocycles. The van der Waals surface area contributed by atoms with Crippen LogP contribution in [-0.4, -0.2) is 15.8 Å². The number of carbonyl (C=O) groups excluding carboxylic acids is 1. The third-order valence-corrected chi connectivity index (χ3v) is 6.23. The van der Waals surface area contributed by atoms with Crippen molar-refractivity contribution >= 4 is 36.6 Å². The Labute approximate surface area is 162 Å². The number of nitrogens with two attached hydrogens (primary N) is 1. The van der Waals surface area contributed by atoms with Gasteiger partial charge in [0, 0.05) is 17.5 Å². The first-order valence-corrected chi connectivity index (χ1v) is 10.5. The summed E-state index contributed by atoms with van der Waals surface area (Å²) in [6.07, 6.45) is 1.90. The van der Waals surface area contributed by atoms with E-state index in [4.69, 9.17) is 5.73 Å². The number of nitrogens with zero attached hydrogens (tertiary/aromatic N) is 1. The highest BCUT2D eigenvalue weighted by Gasteiger charge is 2.30. The predicted molar refractivity (Wildman–Crippen MR) is 109 cm³/mol. The molecule has 3 aromatic rings. The van der Waals surface area contributed by atoms with E-state index < -0.39 is 13.7 Å². The van der Waals surface area contributed by atoms with Crippen molar-refractivity contribution in [3.63, 3.8) is 0 Å². The van der Waals surface area contributed by atoms with Gasteiger partial charge in [0.25, 0.3) is 5.91 Å². The number of nitrogens with one attached hydrogen (secondary N) is 1. The number of pyridine rings is 1. The van der Waals surface area contributed by atoms with E-state index in [0.29, 0.717) is 29.1 Å². The molecular weight excluding hydrogens is 381 g/mol. The van der Waals surface area contributed by atoms with E-state index in [9.17, 15) is 14.3 Å². The van der Waals surface area contributed by atoms with Gasteiger partial charge in [-0.05, 0) is 45.8 Å². The molecule has 6 nitrogen and oxygen atoms in total. The van der Waals surface area contributed by atoms with E-state index in [1.165, 1.54) is 6.20 Å². The lowest BCUT2D eigenvalue weighted by atomic mass is 10.1. The van der Waals surface area contributed by atoms with Gasteiger partial charge < -0.3 is 11.1 Å². The number of hydrogen-bond acceptors (Lipinski definition) is 5. The fourth-order valence-corrected chi connectivity index (χ4v) is 4.09. The largest absolute Gasteiger partial charge is 0.515 e. The van der Waals surface area contributed by atoms with Crippen molar-refractivity contribution in [2.24, 2.45) is 0 Å². The van der Waals surface area contributed by atoms with Gasteiger partial charge in [-0.1, -0.05) is 19.1 Å². The van der Waals surface area contributed by atoms with E-state index in [-0.39, 0.29) is 5.91 Å². The molecule has 2 atom stereocenters. The van der Waals surface area contributed by atoms with Gasteiger partial charge in [-0.25, -0.2) is 0 Å². The number of amides is 1. The molecule has 1 amide bonds. The lowest BCUT2D eigenvalue weighted by Gasteiger charge is -2.10. The number of carbonyl (C=O) groups is 1. The zero-order valence-electron chi connectivity index (χ0n) is 14.6. The highest BCUT2D eigenvalue weighted by atomic mass is 32.1. The summed E-state index contributed by atoms with van der Waals surface area (Å²) in [4.78, 5) is 27.2. The zero-order chi connectivity index (χ0) is 19.4. The first kappa shape index (κ1) is 19.2. The highest BCUT2D eigenvalue weighted by molar-refractivity contribution is 7.38. The number of benzene rings is 1. The average Bonchev–Trinajstić information content (AvgIpc) is 3.19. The fourth-order valence-electron chi connectivity index (χ4n) is 2.67. The Kier molecular flexibility index (Phi) is 5.96. The van der Waals surface area contributed by atoms with Gasteiger partial charge in [-0.2, -0.15) is 4.89 Å². The predicted octanol–water partition coefficient (Wildman–Crippen LogP) is 4.83. The van der Waals surface area contributed by atoms with Gasteiger partial charge in [0.05, 0.1) is 22.6 Å².